The van der Waals surface area contributed by atoms with E-state index in [1.807, 2.05) is 0 Å². The van der Waals surface area contributed by atoms with Gasteiger partial charge in [-0.25, -0.2) is 13.6 Å². The van der Waals surface area contributed by atoms with Crippen LogP contribution in [0.2, 0.25) is 0 Å². The maximum Gasteiger partial charge on any atom is 0.410 e. The number of halogens is 2. The van der Waals surface area contributed by atoms with Crippen LogP contribution in [-0.4, -0.2) is 46.7 Å². The summed E-state index contributed by atoms with van der Waals surface area (Å²) in [7, 11) is 0. The lowest BCUT2D eigenvalue weighted by Gasteiger charge is -2.25. The Morgan fingerprint density at radius 2 is 1.95 bits per heavy atom. The van der Waals surface area contributed by atoms with Crippen molar-refractivity contribution < 1.29 is 28.2 Å². The maximum atomic E-state index is 13.6. The van der Waals surface area contributed by atoms with Crippen molar-refractivity contribution in [2.45, 2.75) is 45.1 Å². The van der Waals surface area contributed by atoms with Crippen molar-refractivity contribution in [2.24, 2.45) is 5.92 Å². The second kappa shape index (κ2) is 5.30. The topological polar surface area (TPSA) is 66.8 Å². The van der Waals surface area contributed by atoms with Crippen LogP contribution < -0.4 is 0 Å². The van der Waals surface area contributed by atoms with E-state index in [0.717, 1.165) is 0 Å². The monoisotopic (exact) mass is 279 g/mol. The number of carbonyl (C=O) groups is 2. The molecule has 0 bridgehead atoms. The minimum Gasteiger partial charge on any atom is -0.481 e. The Morgan fingerprint density at radius 3 is 2.42 bits per heavy atom. The molecule has 1 atom stereocenters. The molecule has 1 N–H and O–H groups in total. The average molecular weight is 279 g/mol. The summed E-state index contributed by atoms with van der Waals surface area (Å²) in [6.07, 6.45) is -1.76. The molecule has 0 aliphatic carbocycles. The van der Waals surface area contributed by atoms with E-state index in [1.54, 1.807) is 20.8 Å². The van der Waals surface area contributed by atoms with Gasteiger partial charge < -0.3 is 14.7 Å². The molecule has 0 aromatic rings. The highest BCUT2D eigenvalue weighted by Gasteiger charge is 2.46. The number of carbonyl (C=O) groups excluding carboxylic acids is 1. The number of hydrogen-bond acceptors (Lipinski definition) is 3. The molecule has 0 spiro atoms. The van der Waals surface area contributed by atoms with Gasteiger partial charge in [0, 0.05) is 19.0 Å². The zero-order valence-electron chi connectivity index (χ0n) is 11.3. The summed E-state index contributed by atoms with van der Waals surface area (Å²) in [5, 5.41) is 8.45. The molecular weight excluding hydrogens is 260 g/mol. The van der Waals surface area contributed by atoms with Gasteiger partial charge in [-0.1, -0.05) is 0 Å². The second-order valence-corrected chi connectivity index (χ2v) is 5.74. The highest BCUT2D eigenvalue weighted by atomic mass is 19.3. The predicted molar refractivity (Wildman–Crippen MR) is 63.1 cm³/mol. The zero-order valence-corrected chi connectivity index (χ0v) is 11.3. The van der Waals surface area contributed by atoms with Crippen molar-refractivity contribution in [1.29, 1.82) is 0 Å². The number of hydrogen-bond donors (Lipinski definition) is 1. The maximum absolute atomic E-state index is 13.6. The van der Waals surface area contributed by atoms with E-state index >= 15 is 0 Å². The van der Waals surface area contributed by atoms with E-state index in [0.29, 0.717) is 0 Å². The van der Waals surface area contributed by atoms with Gasteiger partial charge in [0.1, 0.15) is 12.0 Å². The van der Waals surface area contributed by atoms with E-state index in [-0.39, 0.29) is 19.5 Å². The van der Waals surface area contributed by atoms with Crippen molar-refractivity contribution in [1.82, 2.24) is 4.90 Å². The Hall–Kier alpha value is -1.40. The van der Waals surface area contributed by atoms with Crippen LogP contribution in [0.1, 0.15) is 33.6 Å². The first kappa shape index (κ1) is 15.7. The van der Waals surface area contributed by atoms with Crippen molar-refractivity contribution in [3.63, 3.8) is 0 Å². The number of amides is 1. The van der Waals surface area contributed by atoms with Gasteiger partial charge in [-0.2, -0.15) is 0 Å². The minimum atomic E-state index is -3.30. The van der Waals surface area contributed by atoms with Gasteiger partial charge in [-0.15, -0.1) is 0 Å². The van der Waals surface area contributed by atoms with E-state index < -0.39 is 35.9 Å². The summed E-state index contributed by atoms with van der Waals surface area (Å²) in [4.78, 5) is 23.3. The fourth-order valence-electron chi connectivity index (χ4n) is 1.94. The second-order valence-electron chi connectivity index (χ2n) is 5.74. The van der Waals surface area contributed by atoms with Gasteiger partial charge in [0.25, 0.3) is 5.92 Å². The molecule has 0 radical (unpaired) electrons. The first-order chi connectivity index (χ1) is 8.51. The third kappa shape index (κ3) is 4.65. The Kier molecular flexibility index (Phi) is 4.37. The van der Waals surface area contributed by atoms with Crippen LogP contribution in [0, 0.1) is 5.92 Å². The molecule has 7 heteroatoms. The number of nitrogens with zero attached hydrogens (tertiary/aromatic N) is 1. The van der Waals surface area contributed by atoms with Crippen LogP contribution in [0.4, 0.5) is 13.6 Å². The lowest BCUT2D eigenvalue weighted by atomic mass is 9.98. The van der Waals surface area contributed by atoms with Crippen LogP contribution >= 0.6 is 0 Å². The van der Waals surface area contributed by atoms with Gasteiger partial charge in [0.15, 0.2) is 0 Å². The molecule has 1 aliphatic heterocycles. The summed E-state index contributed by atoms with van der Waals surface area (Å²) in [5.41, 5.74) is -0.682. The Bertz CT molecular complexity index is 365. The summed E-state index contributed by atoms with van der Waals surface area (Å²) in [6, 6.07) is 0. The lowest BCUT2D eigenvalue weighted by molar-refractivity contribution is -0.148. The number of rotatable bonds is 3. The van der Waals surface area contributed by atoms with Crippen LogP contribution in [0.5, 0.6) is 0 Å². The molecule has 1 unspecified atom stereocenters. The molecule has 1 fully saturated rings. The van der Waals surface area contributed by atoms with Crippen molar-refractivity contribution in [3.8, 4) is 0 Å². The molecule has 1 rings (SSSR count). The Balaban J connectivity index is 2.58. The number of aliphatic carboxylic acids is 1. The van der Waals surface area contributed by atoms with E-state index in [4.69, 9.17) is 9.84 Å². The smallest absolute Gasteiger partial charge is 0.410 e. The van der Waals surface area contributed by atoms with Crippen molar-refractivity contribution in [2.75, 3.05) is 13.1 Å². The summed E-state index contributed by atoms with van der Waals surface area (Å²) >= 11 is 0. The van der Waals surface area contributed by atoms with Gasteiger partial charge in [-0.3, -0.25) is 4.79 Å². The van der Waals surface area contributed by atoms with E-state index in [2.05, 4.69) is 0 Å². The first-order valence-electron chi connectivity index (χ1n) is 6.09. The van der Waals surface area contributed by atoms with Crippen molar-refractivity contribution in [3.05, 3.63) is 0 Å². The molecule has 0 aromatic carbocycles. The third-order valence-electron chi connectivity index (χ3n) is 2.82. The normalized spacial score (nSPS) is 20.5. The number of carboxylic acids is 1. The SMILES string of the molecule is CC(C)(C)OC(=O)N1CCC(C(F)(F)CC(=O)O)C1. The zero-order chi connectivity index (χ0) is 14.8. The lowest BCUT2D eigenvalue weighted by Crippen LogP contribution is -2.38. The number of carboxylic acid groups (broad SMARTS) is 1. The van der Waals surface area contributed by atoms with Gasteiger partial charge in [-0.05, 0) is 27.2 Å². The summed E-state index contributed by atoms with van der Waals surface area (Å²) in [6.45, 7) is 5.07. The number of likely N-dealkylation sites (tertiary alicyclic amines) is 1. The molecule has 5 nitrogen and oxygen atoms in total. The standard InChI is InChI=1S/C12H19F2NO4/c1-11(2,3)19-10(18)15-5-4-8(7-15)12(13,14)6-9(16)17/h8H,4-7H2,1-3H3,(H,16,17). The minimum absolute atomic E-state index is 0.0829. The van der Waals surface area contributed by atoms with Crippen LogP contribution in [-0.2, 0) is 9.53 Å². The molecule has 1 heterocycles. The van der Waals surface area contributed by atoms with E-state index in [9.17, 15) is 18.4 Å². The van der Waals surface area contributed by atoms with Crippen LogP contribution in [0.15, 0.2) is 0 Å². The molecular formula is C12H19F2NO4. The predicted octanol–water partition coefficient (Wildman–Crippen LogP) is 2.35. The Morgan fingerprint density at radius 1 is 1.37 bits per heavy atom. The molecule has 1 aliphatic rings. The van der Waals surface area contributed by atoms with Gasteiger partial charge in [0.05, 0.1) is 0 Å². The van der Waals surface area contributed by atoms with Gasteiger partial charge >= 0.3 is 12.1 Å². The first-order valence-corrected chi connectivity index (χ1v) is 6.09. The fourth-order valence-corrected chi connectivity index (χ4v) is 1.94. The van der Waals surface area contributed by atoms with E-state index in [1.165, 1.54) is 4.90 Å². The molecule has 0 saturated carbocycles. The number of ether oxygens (including phenoxy) is 1. The summed E-state index contributed by atoms with van der Waals surface area (Å²) in [5.74, 6) is -5.97. The Labute approximate surface area is 110 Å². The molecule has 0 aromatic heterocycles. The summed E-state index contributed by atoms with van der Waals surface area (Å²) < 4.78 is 32.3. The highest BCUT2D eigenvalue weighted by Crippen LogP contribution is 2.35. The largest absolute Gasteiger partial charge is 0.481 e. The number of alkyl halides is 2. The quantitative estimate of drug-likeness (QED) is 0.861. The molecule has 110 valence electrons. The average Bonchev–Trinajstić information content (AvgIpc) is 2.61. The molecule has 1 saturated heterocycles. The third-order valence-corrected chi connectivity index (χ3v) is 2.82. The molecule has 19 heavy (non-hydrogen) atoms. The molecule has 1 amide bonds. The van der Waals surface area contributed by atoms with Gasteiger partial charge in [0.2, 0.25) is 0 Å². The van der Waals surface area contributed by atoms with Crippen LogP contribution in [0.3, 0.4) is 0 Å². The van der Waals surface area contributed by atoms with Crippen molar-refractivity contribution >= 4 is 12.1 Å². The highest BCUT2D eigenvalue weighted by molar-refractivity contribution is 5.69. The van der Waals surface area contributed by atoms with Crippen LogP contribution in [0.25, 0.3) is 0 Å². The fraction of sp³-hybridized carbons (Fsp3) is 0.833.